The van der Waals surface area contributed by atoms with Gasteiger partial charge in [0.25, 0.3) is 0 Å². The number of hydrogen-bond acceptors (Lipinski definition) is 4. The molecule has 0 aliphatic heterocycles. The van der Waals surface area contributed by atoms with Crippen LogP contribution in [0.15, 0.2) is 18.2 Å². The van der Waals surface area contributed by atoms with Crippen LogP contribution in [0, 0.1) is 6.92 Å². The molecule has 5 heteroatoms. The molecular formula is C13H20N2O3. The van der Waals surface area contributed by atoms with Crippen LogP contribution in [0.4, 0.5) is 0 Å². The van der Waals surface area contributed by atoms with Crippen molar-refractivity contribution in [3.05, 3.63) is 29.3 Å². The number of ether oxygens (including phenoxy) is 2. The summed E-state index contributed by atoms with van der Waals surface area (Å²) in [5, 5.41) is 2.76. The van der Waals surface area contributed by atoms with Crippen molar-refractivity contribution in [1.29, 1.82) is 0 Å². The van der Waals surface area contributed by atoms with E-state index >= 15 is 0 Å². The van der Waals surface area contributed by atoms with E-state index in [4.69, 9.17) is 15.2 Å². The second kappa shape index (κ2) is 6.98. The first-order valence-corrected chi connectivity index (χ1v) is 5.73. The molecule has 0 spiro atoms. The largest absolute Gasteiger partial charge is 0.497 e. The van der Waals surface area contributed by atoms with Crippen LogP contribution in [-0.2, 0) is 16.1 Å². The van der Waals surface area contributed by atoms with Gasteiger partial charge in [-0.25, -0.2) is 0 Å². The number of benzene rings is 1. The number of carbonyl (C=O) groups is 1. The summed E-state index contributed by atoms with van der Waals surface area (Å²) in [5.74, 6) is 0.553. The van der Waals surface area contributed by atoms with E-state index in [1.807, 2.05) is 25.1 Å². The van der Waals surface area contributed by atoms with Crippen LogP contribution < -0.4 is 15.8 Å². The standard InChI is InChI=1S/C13H20N2O3/c1-9-4-10(6-11(5-9)18-3)7-15-13(16)12(14)8-17-2/h4-6,12H,7-8,14H2,1-3H3,(H,15,16). The van der Waals surface area contributed by atoms with Gasteiger partial charge in [-0.05, 0) is 30.2 Å². The molecule has 0 fully saturated rings. The highest BCUT2D eigenvalue weighted by molar-refractivity contribution is 5.81. The lowest BCUT2D eigenvalue weighted by molar-refractivity contribution is -0.123. The van der Waals surface area contributed by atoms with Crippen LogP contribution in [0.25, 0.3) is 0 Å². The minimum absolute atomic E-state index is 0.211. The predicted octanol–water partition coefficient (Wildman–Crippen LogP) is 0.594. The van der Waals surface area contributed by atoms with Crippen LogP contribution in [0.5, 0.6) is 5.75 Å². The van der Waals surface area contributed by atoms with Crippen molar-refractivity contribution in [2.24, 2.45) is 5.73 Å². The van der Waals surface area contributed by atoms with Gasteiger partial charge in [0.15, 0.2) is 0 Å². The smallest absolute Gasteiger partial charge is 0.239 e. The molecule has 1 amide bonds. The summed E-state index contributed by atoms with van der Waals surface area (Å²) in [6.45, 7) is 2.61. The maximum absolute atomic E-state index is 11.6. The highest BCUT2D eigenvalue weighted by Gasteiger charge is 2.12. The molecule has 0 saturated carbocycles. The van der Waals surface area contributed by atoms with E-state index in [1.54, 1.807) is 7.11 Å². The van der Waals surface area contributed by atoms with Gasteiger partial charge in [-0.15, -0.1) is 0 Å². The molecule has 0 radical (unpaired) electrons. The summed E-state index contributed by atoms with van der Waals surface area (Å²) < 4.78 is 10.00. The number of hydrogen-bond donors (Lipinski definition) is 2. The van der Waals surface area contributed by atoms with Crippen molar-refractivity contribution in [3.63, 3.8) is 0 Å². The van der Waals surface area contributed by atoms with Gasteiger partial charge in [-0.3, -0.25) is 4.79 Å². The Morgan fingerprint density at radius 3 is 2.72 bits per heavy atom. The molecule has 0 aromatic heterocycles. The number of nitrogens with one attached hydrogen (secondary N) is 1. The number of rotatable bonds is 6. The highest BCUT2D eigenvalue weighted by atomic mass is 16.5. The first-order valence-electron chi connectivity index (χ1n) is 5.73. The van der Waals surface area contributed by atoms with Gasteiger partial charge in [0.05, 0.1) is 13.7 Å². The van der Waals surface area contributed by atoms with Crippen molar-refractivity contribution >= 4 is 5.91 Å². The van der Waals surface area contributed by atoms with Crippen LogP contribution in [0.3, 0.4) is 0 Å². The molecule has 0 saturated heterocycles. The number of nitrogens with two attached hydrogens (primary N) is 1. The van der Waals surface area contributed by atoms with Gasteiger partial charge in [0.2, 0.25) is 5.91 Å². The maximum Gasteiger partial charge on any atom is 0.239 e. The lowest BCUT2D eigenvalue weighted by atomic mass is 10.1. The fourth-order valence-corrected chi connectivity index (χ4v) is 1.62. The predicted molar refractivity (Wildman–Crippen MR) is 69.4 cm³/mol. The molecule has 1 atom stereocenters. The Labute approximate surface area is 107 Å². The van der Waals surface area contributed by atoms with E-state index < -0.39 is 6.04 Å². The molecule has 0 bridgehead atoms. The number of methoxy groups -OCH3 is 2. The molecule has 18 heavy (non-hydrogen) atoms. The Balaban J connectivity index is 2.57. The van der Waals surface area contributed by atoms with Gasteiger partial charge >= 0.3 is 0 Å². The highest BCUT2D eigenvalue weighted by Crippen LogP contribution is 2.16. The maximum atomic E-state index is 11.6. The van der Waals surface area contributed by atoms with Crippen molar-refractivity contribution in [3.8, 4) is 5.75 Å². The quantitative estimate of drug-likeness (QED) is 0.777. The number of amides is 1. The average molecular weight is 252 g/mol. The zero-order valence-corrected chi connectivity index (χ0v) is 11.0. The van der Waals surface area contributed by atoms with E-state index in [-0.39, 0.29) is 12.5 Å². The van der Waals surface area contributed by atoms with Crippen LogP contribution in [0.1, 0.15) is 11.1 Å². The Hall–Kier alpha value is -1.59. The molecule has 0 heterocycles. The molecule has 100 valence electrons. The molecule has 0 aliphatic rings. The molecule has 1 unspecified atom stereocenters. The fraction of sp³-hybridized carbons (Fsp3) is 0.462. The zero-order chi connectivity index (χ0) is 13.5. The third-order valence-electron chi connectivity index (χ3n) is 2.50. The Bertz CT molecular complexity index is 407. The van der Waals surface area contributed by atoms with E-state index in [9.17, 15) is 4.79 Å². The minimum Gasteiger partial charge on any atom is -0.497 e. The van der Waals surface area contributed by atoms with Crippen LogP contribution in [0.2, 0.25) is 0 Å². The molecule has 1 aromatic carbocycles. The van der Waals surface area contributed by atoms with E-state index in [1.165, 1.54) is 7.11 Å². The normalized spacial score (nSPS) is 12.0. The third kappa shape index (κ3) is 4.35. The fourth-order valence-electron chi connectivity index (χ4n) is 1.62. The zero-order valence-electron chi connectivity index (χ0n) is 11.0. The van der Waals surface area contributed by atoms with Gasteiger partial charge < -0.3 is 20.5 Å². The SMILES string of the molecule is COCC(N)C(=O)NCc1cc(C)cc(OC)c1. The summed E-state index contributed by atoms with van der Waals surface area (Å²) in [6, 6.07) is 5.17. The summed E-state index contributed by atoms with van der Waals surface area (Å²) in [4.78, 5) is 11.6. The topological polar surface area (TPSA) is 73.6 Å². The van der Waals surface area contributed by atoms with Crippen molar-refractivity contribution in [2.75, 3.05) is 20.8 Å². The monoisotopic (exact) mass is 252 g/mol. The summed E-state index contributed by atoms with van der Waals surface area (Å²) in [5.41, 5.74) is 7.68. The third-order valence-corrected chi connectivity index (χ3v) is 2.50. The Morgan fingerprint density at radius 1 is 1.39 bits per heavy atom. The van der Waals surface area contributed by atoms with Crippen LogP contribution >= 0.6 is 0 Å². The first-order chi connectivity index (χ1) is 8.56. The second-order valence-corrected chi connectivity index (χ2v) is 4.14. The summed E-state index contributed by atoms with van der Waals surface area (Å²) in [6.07, 6.45) is 0. The number of carbonyl (C=O) groups excluding carboxylic acids is 1. The molecule has 3 N–H and O–H groups in total. The van der Waals surface area contributed by atoms with Crippen LogP contribution in [-0.4, -0.2) is 32.8 Å². The van der Waals surface area contributed by atoms with E-state index in [0.717, 1.165) is 16.9 Å². The van der Waals surface area contributed by atoms with Crippen molar-refractivity contribution < 1.29 is 14.3 Å². The summed E-state index contributed by atoms with van der Waals surface area (Å²) >= 11 is 0. The molecular weight excluding hydrogens is 232 g/mol. The first kappa shape index (κ1) is 14.5. The van der Waals surface area contributed by atoms with E-state index in [0.29, 0.717) is 6.54 Å². The summed E-state index contributed by atoms with van der Waals surface area (Å²) in [7, 11) is 3.13. The van der Waals surface area contributed by atoms with Gasteiger partial charge in [-0.1, -0.05) is 6.07 Å². The van der Waals surface area contributed by atoms with Crippen molar-refractivity contribution in [1.82, 2.24) is 5.32 Å². The van der Waals surface area contributed by atoms with E-state index in [2.05, 4.69) is 5.32 Å². The average Bonchev–Trinajstić information content (AvgIpc) is 2.35. The molecule has 1 aromatic rings. The lowest BCUT2D eigenvalue weighted by Gasteiger charge is -2.12. The Kier molecular flexibility index (Phi) is 5.61. The van der Waals surface area contributed by atoms with Gasteiger partial charge in [-0.2, -0.15) is 0 Å². The van der Waals surface area contributed by atoms with Crippen molar-refractivity contribution in [2.45, 2.75) is 19.5 Å². The second-order valence-electron chi connectivity index (χ2n) is 4.14. The number of aryl methyl sites for hydroxylation is 1. The van der Waals surface area contributed by atoms with Gasteiger partial charge in [0.1, 0.15) is 11.8 Å². The lowest BCUT2D eigenvalue weighted by Crippen LogP contribution is -2.43. The molecule has 0 aliphatic carbocycles. The molecule has 5 nitrogen and oxygen atoms in total. The minimum atomic E-state index is -0.637. The molecule has 1 rings (SSSR count). The van der Waals surface area contributed by atoms with Gasteiger partial charge in [0, 0.05) is 13.7 Å². The Morgan fingerprint density at radius 2 is 2.11 bits per heavy atom.